The quantitative estimate of drug-likeness (QED) is 0.838. The number of piperidine rings is 1. The van der Waals surface area contributed by atoms with Crippen molar-refractivity contribution in [2.24, 2.45) is 0 Å². The van der Waals surface area contributed by atoms with E-state index in [0.29, 0.717) is 18.7 Å². The van der Waals surface area contributed by atoms with Crippen LogP contribution in [0.25, 0.3) is 0 Å². The number of hydrogen-bond acceptors (Lipinski definition) is 3. The SMILES string of the molecule is O=C1OC[C@H](c2ccccc2)N1[C@H]1CCCN2CCC[C@@H]12. The summed E-state index contributed by atoms with van der Waals surface area (Å²) in [5, 5.41) is 0. The number of carbonyl (C=O) groups is 1. The van der Waals surface area contributed by atoms with E-state index in [4.69, 9.17) is 4.74 Å². The summed E-state index contributed by atoms with van der Waals surface area (Å²) < 4.78 is 5.40. The van der Waals surface area contributed by atoms with Crippen molar-refractivity contribution in [3.63, 3.8) is 0 Å². The molecule has 1 aromatic rings. The van der Waals surface area contributed by atoms with Gasteiger partial charge in [0.15, 0.2) is 0 Å². The molecule has 112 valence electrons. The number of nitrogens with zero attached hydrogens (tertiary/aromatic N) is 2. The average molecular weight is 286 g/mol. The predicted octanol–water partition coefficient (Wildman–Crippen LogP) is 2.81. The molecule has 0 aromatic heterocycles. The van der Waals surface area contributed by atoms with Crippen molar-refractivity contribution in [3.05, 3.63) is 35.9 Å². The molecule has 0 saturated carbocycles. The fourth-order valence-electron chi connectivity index (χ4n) is 4.32. The van der Waals surface area contributed by atoms with Crippen molar-refractivity contribution in [2.75, 3.05) is 19.7 Å². The summed E-state index contributed by atoms with van der Waals surface area (Å²) in [6, 6.07) is 11.3. The lowest BCUT2D eigenvalue weighted by Crippen LogP contribution is -2.53. The number of fused-ring (bicyclic) bond motifs is 1. The Kier molecular flexibility index (Phi) is 3.34. The van der Waals surface area contributed by atoms with Gasteiger partial charge < -0.3 is 4.74 Å². The molecule has 4 rings (SSSR count). The average Bonchev–Trinajstić information content (AvgIpc) is 3.14. The lowest BCUT2D eigenvalue weighted by atomic mass is 9.93. The monoisotopic (exact) mass is 286 g/mol. The van der Waals surface area contributed by atoms with Crippen LogP contribution < -0.4 is 0 Å². The van der Waals surface area contributed by atoms with Crippen molar-refractivity contribution in [3.8, 4) is 0 Å². The van der Waals surface area contributed by atoms with Gasteiger partial charge in [0.2, 0.25) is 0 Å². The zero-order chi connectivity index (χ0) is 14.2. The Morgan fingerprint density at radius 2 is 1.71 bits per heavy atom. The van der Waals surface area contributed by atoms with Gasteiger partial charge in [0, 0.05) is 6.04 Å². The third-order valence-electron chi connectivity index (χ3n) is 5.26. The van der Waals surface area contributed by atoms with Gasteiger partial charge in [-0.2, -0.15) is 0 Å². The van der Waals surface area contributed by atoms with Gasteiger partial charge in [0.25, 0.3) is 0 Å². The maximum Gasteiger partial charge on any atom is 0.410 e. The van der Waals surface area contributed by atoms with E-state index in [2.05, 4.69) is 17.0 Å². The zero-order valence-corrected chi connectivity index (χ0v) is 12.3. The first-order valence-electron chi connectivity index (χ1n) is 8.09. The van der Waals surface area contributed by atoms with Crippen molar-refractivity contribution in [1.82, 2.24) is 9.80 Å². The van der Waals surface area contributed by atoms with Crippen LogP contribution in [0.5, 0.6) is 0 Å². The topological polar surface area (TPSA) is 32.8 Å². The van der Waals surface area contributed by atoms with E-state index in [1.807, 2.05) is 23.1 Å². The van der Waals surface area contributed by atoms with E-state index in [9.17, 15) is 4.79 Å². The lowest BCUT2D eigenvalue weighted by Gasteiger charge is -2.42. The van der Waals surface area contributed by atoms with Gasteiger partial charge in [-0.3, -0.25) is 9.80 Å². The number of rotatable bonds is 2. The molecule has 21 heavy (non-hydrogen) atoms. The summed E-state index contributed by atoms with van der Waals surface area (Å²) in [4.78, 5) is 16.9. The van der Waals surface area contributed by atoms with Crippen LogP contribution in [0.3, 0.4) is 0 Å². The first-order valence-corrected chi connectivity index (χ1v) is 8.09. The molecule has 0 N–H and O–H groups in total. The van der Waals surface area contributed by atoms with Crippen LogP contribution in [-0.4, -0.2) is 47.7 Å². The van der Waals surface area contributed by atoms with Crippen LogP contribution in [0, 0.1) is 0 Å². The predicted molar refractivity (Wildman–Crippen MR) is 80.0 cm³/mol. The number of benzene rings is 1. The van der Waals surface area contributed by atoms with Gasteiger partial charge >= 0.3 is 6.09 Å². The molecule has 0 radical (unpaired) electrons. The molecule has 3 heterocycles. The van der Waals surface area contributed by atoms with Crippen LogP contribution >= 0.6 is 0 Å². The van der Waals surface area contributed by atoms with Crippen molar-refractivity contribution >= 4 is 6.09 Å². The number of amides is 1. The van der Waals surface area contributed by atoms with Crippen LogP contribution in [0.4, 0.5) is 4.79 Å². The summed E-state index contributed by atoms with van der Waals surface area (Å²) in [5.41, 5.74) is 1.19. The largest absolute Gasteiger partial charge is 0.447 e. The first kappa shape index (κ1) is 13.1. The maximum absolute atomic E-state index is 12.3. The molecule has 4 heteroatoms. The molecule has 0 bridgehead atoms. The van der Waals surface area contributed by atoms with Gasteiger partial charge in [-0.15, -0.1) is 0 Å². The molecule has 3 aliphatic rings. The molecule has 1 aromatic carbocycles. The second-order valence-corrected chi connectivity index (χ2v) is 6.37. The summed E-state index contributed by atoms with van der Waals surface area (Å²) in [6.45, 7) is 2.88. The van der Waals surface area contributed by atoms with Crippen LogP contribution in [0.2, 0.25) is 0 Å². The van der Waals surface area contributed by atoms with Gasteiger partial charge in [0.1, 0.15) is 6.61 Å². The highest BCUT2D eigenvalue weighted by Gasteiger charge is 2.45. The van der Waals surface area contributed by atoms with Crippen molar-refractivity contribution in [2.45, 2.75) is 43.8 Å². The second kappa shape index (κ2) is 5.34. The molecule has 1 amide bonds. The highest BCUT2D eigenvalue weighted by molar-refractivity contribution is 5.71. The van der Waals surface area contributed by atoms with Crippen molar-refractivity contribution < 1.29 is 9.53 Å². The lowest BCUT2D eigenvalue weighted by molar-refractivity contribution is 0.0704. The fourth-order valence-corrected chi connectivity index (χ4v) is 4.32. The molecule has 3 fully saturated rings. The Balaban J connectivity index is 1.63. The number of cyclic esters (lactones) is 1. The minimum absolute atomic E-state index is 0.0873. The molecule has 3 saturated heterocycles. The molecule has 0 spiro atoms. The Hall–Kier alpha value is -1.55. The Bertz CT molecular complexity index is 519. The summed E-state index contributed by atoms with van der Waals surface area (Å²) in [7, 11) is 0. The Labute approximate surface area is 125 Å². The van der Waals surface area contributed by atoms with E-state index in [1.165, 1.54) is 37.9 Å². The van der Waals surface area contributed by atoms with E-state index < -0.39 is 0 Å². The second-order valence-electron chi connectivity index (χ2n) is 6.37. The van der Waals surface area contributed by atoms with E-state index in [1.54, 1.807) is 0 Å². The van der Waals surface area contributed by atoms with Gasteiger partial charge in [-0.25, -0.2) is 4.79 Å². The van der Waals surface area contributed by atoms with Gasteiger partial charge in [0.05, 0.1) is 12.1 Å². The highest BCUT2D eigenvalue weighted by atomic mass is 16.6. The first-order chi connectivity index (χ1) is 10.3. The van der Waals surface area contributed by atoms with E-state index >= 15 is 0 Å². The molecule has 3 atom stereocenters. The van der Waals surface area contributed by atoms with Gasteiger partial charge in [-0.1, -0.05) is 30.3 Å². The number of hydrogen-bond donors (Lipinski definition) is 0. The third-order valence-corrected chi connectivity index (χ3v) is 5.26. The normalized spacial score (nSPS) is 33.0. The van der Waals surface area contributed by atoms with Crippen molar-refractivity contribution in [1.29, 1.82) is 0 Å². The smallest absolute Gasteiger partial charge is 0.410 e. The van der Waals surface area contributed by atoms with Gasteiger partial charge in [-0.05, 0) is 44.3 Å². The summed E-state index contributed by atoms with van der Waals surface area (Å²) in [5.74, 6) is 0. The molecule has 0 unspecified atom stereocenters. The summed E-state index contributed by atoms with van der Waals surface area (Å²) in [6.07, 6.45) is 4.66. The molecular weight excluding hydrogens is 264 g/mol. The summed E-state index contributed by atoms with van der Waals surface area (Å²) >= 11 is 0. The minimum atomic E-state index is -0.123. The van der Waals surface area contributed by atoms with Crippen LogP contribution in [0.1, 0.15) is 37.3 Å². The Morgan fingerprint density at radius 3 is 2.48 bits per heavy atom. The molecule has 4 nitrogen and oxygen atoms in total. The molecule has 0 aliphatic carbocycles. The maximum atomic E-state index is 12.3. The van der Waals surface area contributed by atoms with E-state index in [-0.39, 0.29) is 12.1 Å². The fraction of sp³-hybridized carbons (Fsp3) is 0.588. The minimum Gasteiger partial charge on any atom is -0.447 e. The third kappa shape index (κ3) is 2.22. The zero-order valence-electron chi connectivity index (χ0n) is 12.3. The van der Waals surface area contributed by atoms with Crippen LogP contribution in [-0.2, 0) is 4.74 Å². The molecule has 3 aliphatic heterocycles. The molecular formula is C17H22N2O2. The highest BCUT2D eigenvalue weighted by Crippen LogP contribution is 2.37. The van der Waals surface area contributed by atoms with E-state index in [0.717, 1.165) is 6.42 Å². The number of ether oxygens (including phenoxy) is 1. The number of carbonyl (C=O) groups excluding carboxylic acids is 1. The van der Waals surface area contributed by atoms with Crippen LogP contribution in [0.15, 0.2) is 30.3 Å². The standard InChI is InChI=1S/C17H22N2O2/c20-17-19(15-9-5-11-18-10-4-8-14(15)18)16(12-21-17)13-6-2-1-3-7-13/h1-3,6-7,14-16H,4-5,8-12H2/t14-,15-,16+/m0/s1. The Morgan fingerprint density at radius 1 is 1.00 bits per heavy atom.